The zero-order valence-electron chi connectivity index (χ0n) is 8.72. The van der Waals surface area contributed by atoms with Gasteiger partial charge in [0.25, 0.3) is 0 Å². The standard InChI is InChI=1S/C11H13F3N2/c12-11(13,14)8-2-1-3-9(6-8)16-10-4-5-15-7-10/h1-3,6,10,15-16H,4-5,7H2/p+1/t10-/m0/s1. The molecule has 0 spiro atoms. The molecule has 2 rings (SSSR count). The number of nitrogens with one attached hydrogen (secondary N) is 1. The number of halogens is 3. The van der Waals surface area contributed by atoms with Gasteiger partial charge in [0.1, 0.15) is 0 Å². The third-order valence-corrected chi connectivity index (χ3v) is 2.73. The van der Waals surface area contributed by atoms with E-state index in [4.69, 9.17) is 0 Å². The third kappa shape index (κ3) is 2.66. The normalized spacial score (nSPS) is 21.1. The van der Waals surface area contributed by atoms with Crippen LogP contribution in [0.5, 0.6) is 0 Å². The van der Waals surface area contributed by atoms with E-state index in [2.05, 4.69) is 10.6 Å². The summed E-state index contributed by atoms with van der Waals surface area (Å²) in [5, 5.41) is 5.28. The first kappa shape index (κ1) is 11.3. The van der Waals surface area contributed by atoms with Crippen molar-refractivity contribution in [3.63, 3.8) is 0 Å². The van der Waals surface area contributed by atoms with Crippen molar-refractivity contribution < 1.29 is 18.5 Å². The summed E-state index contributed by atoms with van der Waals surface area (Å²) >= 11 is 0. The zero-order chi connectivity index (χ0) is 11.6. The van der Waals surface area contributed by atoms with Crippen LogP contribution in [0.2, 0.25) is 0 Å². The first-order valence-corrected chi connectivity index (χ1v) is 5.31. The predicted octanol–water partition coefficient (Wildman–Crippen LogP) is 1.45. The topological polar surface area (TPSA) is 28.6 Å². The number of rotatable bonds is 2. The molecule has 16 heavy (non-hydrogen) atoms. The summed E-state index contributed by atoms with van der Waals surface area (Å²) in [6.07, 6.45) is -3.27. The van der Waals surface area contributed by atoms with Crippen molar-refractivity contribution in [2.24, 2.45) is 0 Å². The van der Waals surface area contributed by atoms with E-state index in [1.54, 1.807) is 6.07 Å². The Bertz CT molecular complexity index is 356. The Balaban J connectivity index is 2.09. The third-order valence-electron chi connectivity index (χ3n) is 2.73. The smallest absolute Gasteiger partial charge is 0.377 e. The van der Waals surface area contributed by atoms with Crippen molar-refractivity contribution >= 4 is 5.69 Å². The SMILES string of the molecule is FC(F)(F)c1cccc(N[C@H]2CC[NH2+]C2)c1. The molecular weight excluding hydrogens is 217 g/mol. The molecule has 0 amide bonds. The van der Waals surface area contributed by atoms with Crippen molar-refractivity contribution in [2.75, 3.05) is 18.4 Å². The van der Waals surface area contributed by atoms with Crippen LogP contribution in [0.25, 0.3) is 0 Å². The van der Waals surface area contributed by atoms with Gasteiger partial charge in [0.2, 0.25) is 0 Å². The molecule has 1 saturated heterocycles. The Morgan fingerprint density at radius 2 is 2.12 bits per heavy atom. The number of alkyl halides is 3. The molecule has 3 N–H and O–H groups in total. The van der Waals surface area contributed by atoms with Crippen molar-refractivity contribution in [2.45, 2.75) is 18.6 Å². The molecule has 5 heteroatoms. The minimum Gasteiger partial charge on any atom is -0.377 e. The summed E-state index contributed by atoms with van der Waals surface area (Å²) in [6.45, 7) is 1.97. The molecule has 0 bridgehead atoms. The summed E-state index contributed by atoms with van der Waals surface area (Å²) in [5.74, 6) is 0. The van der Waals surface area contributed by atoms with Gasteiger partial charge >= 0.3 is 6.18 Å². The number of quaternary nitrogens is 1. The maximum absolute atomic E-state index is 12.4. The second-order valence-electron chi connectivity index (χ2n) is 4.02. The lowest BCUT2D eigenvalue weighted by atomic mass is 10.1. The van der Waals surface area contributed by atoms with E-state index in [0.29, 0.717) is 5.69 Å². The molecule has 0 unspecified atom stereocenters. The Morgan fingerprint density at radius 3 is 2.75 bits per heavy atom. The lowest BCUT2D eigenvalue weighted by Crippen LogP contribution is -2.81. The molecule has 0 aromatic heterocycles. The van der Waals surface area contributed by atoms with Gasteiger partial charge in [-0.3, -0.25) is 0 Å². The van der Waals surface area contributed by atoms with E-state index in [0.717, 1.165) is 31.6 Å². The average Bonchev–Trinajstić information content (AvgIpc) is 2.70. The summed E-state index contributed by atoms with van der Waals surface area (Å²) in [4.78, 5) is 0. The lowest BCUT2D eigenvalue weighted by Gasteiger charge is -2.13. The van der Waals surface area contributed by atoms with Crippen LogP contribution < -0.4 is 10.6 Å². The minimum atomic E-state index is -4.26. The molecule has 1 aromatic carbocycles. The molecular formula is C11H14F3N2+. The second-order valence-corrected chi connectivity index (χ2v) is 4.02. The van der Waals surface area contributed by atoms with E-state index in [-0.39, 0.29) is 6.04 Å². The van der Waals surface area contributed by atoms with Gasteiger partial charge in [-0.15, -0.1) is 0 Å². The fourth-order valence-corrected chi connectivity index (χ4v) is 1.91. The molecule has 0 aliphatic carbocycles. The highest BCUT2D eigenvalue weighted by molar-refractivity contribution is 5.47. The lowest BCUT2D eigenvalue weighted by molar-refractivity contribution is -0.636. The van der Waals surface area contributed by atoms with Gasteiger partial charge in [0, 0.05) is 12.1 Å². The van der Waals surface area contributed by atoms with Crippen molar-refractivity contribution in [3.8, 4) is 0 Å². The molecule has 1 atom stereocenters. The number of hydrogen-bond acceptors (Lipinski definition) is 1. The van der Waals surface area contributed by atoms with Crippen molar-refractivity contribution in [3.05, 3.63) is 29.8 Å². The maximum atomic E-state index is 12.4. The van der Waals surface area contributed by atoms with E-state index in [1.807, 2.05) is 0 Å². The van der Waals surface area contributed by atoms with Gasteiger partial charge in [0.15, 0.2) is 0 Å². The van der Waals surface area contributed by atoms with Crippen LogP contribution in [0.1, 0.15) is 12.0 Å². The van der Waals surface area contributed by atoms with E-state index < -0.39 is 11.7 Å². The Kier molecular flexibility index (Phi) is 3.05. The van der Waals surface area contributed by atoms with Crippen LogP contribution in [0, 0.1) is 0 Å². The van der Waals surface area contributed by atoms with E-state index in [9.17, 15) is 13.2 Å². The van der Waals surface area contributed by atoms with Gasteiger partial charge < -0.3 is 10.6 Å². The number of nitrogens with two attached hydrogens (primary N) is 1. The second kappa shape index (κ2) is 4.33. The molecule has 1 fully saturated rings. The van der Waals surface area contributed by atoms with Gasteiger partial charge in [-0.25, -0.2) is 0 Å². The fourth-order valence-electron chi connectivity index (χ4n) is 1.91. The molecule has 88 valence electrons. The van der Waals surface area contributed by atoms with Crippen molar-refractivity contribution in [1.82, 2.24) is 0 Å². The Hall–Kier alpha value is -1.23. The molecule has 1 heterocycles. The highest BCUT2D eigenvalue weighted by atomic mass is 19.4. The molecule has 1 aliphatic heterocycles. The summed E-state index contributed by atoms with van der Waals surface area (Å²) in [7, 11) is 0. The monoisotopic (exact) mass is 231 g/mol. The average molecular weight is 231 g/mol. The highest BCUT2D eigenvalue weighted by Crippen LogP contribution is 2.30. The van der Waals surface area contributed by atoms with Gasteiger partial charge in [-0.1, -0.05) is 6.07 Å². The summed E-state index contributed by atoms with van der Waals surface area (Å²) in [5.41, 5.74) is -0.0467. The van der Waals surface area contributed by atoms with Crippen LogP contribution in [-0.2, 0) is 6.18 Å². The van der Waals surface area contributed by atoms with Gasteiger partial charge in [0.05, 0.1) is 24.7 Å². The van der Waals surface area contributed by atoms with Crippen LogP contribution in [0.4, 0.5) is 18.9 Å². The summed E-state index contributed by atoms with van der Waals surface area (Å²) < 4.78 is 37.3. The van der Waals surface area contributed by atoms with Gasteiger partial charge in [-0.2, -0.15) is 13.2 Å². The quantitative estimate of drug-likeness (QED) is 0.792. The maximum Gasteiger partial charge on any atom is 0.416 e. The number of benzene rings is 1. The number of hydrogen-bond donors (Lipinski definition) is 2. The summed E-state index contributed by atoms with van der Waals surface area (Å²) in [6, 6.07) is 5.64. The predicted molar refractivity (Wildman–Crippen MR) is 55.1 cm³/mol. The largest absolute Gasteiger partial charge is 0.416 e. The van der Waals surface area contributed by atoms with Crippen LogP contribution in [0.15, 0.2) is 24.3 Å². The molecule has 1 aliphatic rings. The van der Waals surface area contributed by atoms with Crippen LogP contribution >= 0.6 is 0 Å². The molecule has 0 radical (unpaired) electrons. The Labute approximate surface area is 91.8 Å². The minimum absolute atomic E-state index is 0.281. The van der Waals surface area contributed by atoms with E-state index in [1.165, 1.54) is 6.07 Å². The van der Waals surface area contributed by atoms with Crippen LogP contribution in [0.3, 0.4) is 0 Å². The first-order valence-electron chi connectivity index (χ1n) is 5.31. The van der Waals surface area contributed by atoms with Crippen molar-refractivity contribution in [1.29, 1.82) is 0 Å². The van der Waals surface area contributed by atoms with E-state index >= 15 is 0 Å². The fraction of sp³-hybridized carbons (Fsp3) is 0.455. The molecule has 2 nitrogen and oxygen atoms in total. The zero-order valence-corrected chi connectivity index (χ0v) is 8.72. The molecule has 1 aromatic rings. The number of anilines is 1. The molecule has 0 saturated carbocycles. The Morgan fingerprint density at radius 1 is 1.31 bits per heavy atom. The van der Waals surface area contributed by atoms with Gasteiger partial charge in [-0.05, 0) is 18.2 Å². The highest BCUT2D eigenvalue weighted by Gasteiger charge is 2.30. The van der Waals surface area contributed by atoms with Crippen LogP contribution in [-0.4, -0.2) is 19.1 Å². The first-order chi connectivity index (χ1) is 7.55.